The summed E-state index contributed by atoms with van der Waals surface area (Å²) >= 11 is 1.48. The Kier molecular flexibility index (Phi) is 5.47. The van der Waals surface area contributed by atoms with Gasteiger partial charge in [-0.3, -0.25) is 0 Å². The molecule has 0 spiro atoms. The maximum absolute atomic E-state index is 13.4. The molecule has 5 rings (SSSR count). The molecule has 33 heavy (non-hydrogen) atoms. The Balaban J connectivity index is 1.66. The second-order valence-corrected chi connectivity index (χ2v) is 10.1. The number of hydrogen-bond donors (Lipinski definition) is 1. The number of anilines is 2. The van der Waals surface area contributed by atoms with E-state index in [1.54, 1.807) is 24.3 Å². The number of thiophene rings is 1. The quantitative estimate of drug-likeness (QED) is 0.355. The first kappa shape index (κ1) is 21.4. The molecule has 0 amide bonds. The summed E-state index contributed by atoms with van der Waals surface area (Å²) in [6.45, 7) is 4.45. The number of nitrogens with zero attached hydrogens (tertiary/aromatic N) is 4. The number of rotatable bonds is 7. The molecule has 0 aliphatic heterocycles. The van der Waals surface area contributed by atoms with Crippen LogP contribution in [0.4, 0.5) is 11.5 Å². The SMILES string of the molecule is CCOc1ccccc1Nc1nc2c(S(=O)(=O)c3ccc(CC)cc3)nnn2c2ccsc12. The van der Waals surface area contributed by atoms with E-state index < -0.39 is 9.84 Å². The molecule has 5 aromatic rings. The van der Waals surface area contributed by atoms with Crippen LogP contribution in [0.2, 0.25) is 0 Å². The topological polar surface area (TPSA) is 98.5 Å². The summed E-state index contributed by atoms with van der Waals surface area (Å²) in [5, 5.41) is 13.2. The number of aromatic nitrogens is 4. The molecule has 3 aromatic heterocycles. The number of nitrogens with one attached hydrogen (secondary N) is 1. The second-order valence-electron chi connectivity index (χ2n) is 7.28. The van der Waals surface area contributed by atoms with E-state index in [0.29, 0.717) is 18.2 Å². The third kappa shape index (κ3) is 3.70. The van der Waals surface area contributed by atoms with Gasteiger partial charge in [0, 0.05) is 0 Å². The van der Waals surface area contributed by atoms with Gasteiger partial charge < -0.3 is 10.1 Å². The van der Waals surface area contributed by atoms with Crippen molar-refractivity contribution in [1.82, 2.24) is 19.8 Å². The standard InChI is InChI=1S/C23H21N5O3S2/c1-3-15-9-11-16(12-10-15)33(29,30)23-22-25-21(20-18(13-14-32-20)28(22)27-26-23)24-17-7-5-6-8-19(17)31-4-2/h5-14H,3-4H2,1-2H3,(H,24,25). The first-order valence-electron chi connectivity index (χ1n) is 10.5. The number of hydrogen-bond acceptors (Lipinski definition) is 8. The first-order chi connectivity index (χ1) is 16.0. The Morgan fingerprint density at radius 2 is 1.85 bits per heavy atom. The highest BCUT2D eigenvalue weighted by atomic mass is 32.2. The Morgan fingerprint density at radius 3 is 2.61 bits per heavy atom. The minimum atomic E-state index is -3.91. The number of sulfone groups is 1. The minimum absolute atomic E-state index is 0.158. The maximum atomic E-state index is 13.4. The lowest BCUT2D eigenvalue weighted by molar-refractivity contribution is 0.342. The summed E-state index contributed by atoms with van der Waals surface area (Å²) in [6, 6.07) is 16.2. The van der Waals surface area contributed by atoms with Gasteiger partial charge >= 0.3 is 0 Å². The van der Waals surface area contributed by atoms with Crippen LogP contribution < -0.4 is 10.1 Å². The highest BCUT2D eigenvalue weighted by molar-refractivity contribution is 7.91. The average Bonchev–Trinajstić information content (AvgIpc) is 3.48. The molecule has 0 fully saturated rings. The molecule has 2 aromatic carbocycles. The zero-order valence-corrected chi connectivity index (χ0v) is 19.7. The Morgan fingerprint density at radius 1 is 1.06 bits per heavy atom. The zero-order chi connectivity index (χ0) is 23.0. The van der Waals surface area contributed by atoms with Crippen molar-refractivity contribution in [3.05, 3.63) is 65.5 Å². The van der Waals surface area contributed by atoms with Crippen LogP contribution in [0.15, 0.2) is 69.9 Å². The number of para-hydroxylation sites is 2. The largest absolute Gasteiger partial charge is 0.492 e. The molecule has 0 aliphatic rings. The van der Waals surface area contributed by atoms with Crippen molar-refractivity contribution in [3.8, 4) is 5.75 Å². The molecule has 0 atom stereocenters. The predicted molar refractivity (Wildman–Crippen MR) is 128 cm³/mol. The third-order valence-corrected chi connectivity index (χ3v) is 7.84. The van der Waals surface area contributed by atoms with Crippen LogP contribution in [0.1, 0.15) is 19.4 Å². The molecular weight excluding hydrogens is 458 g/mol. The van der Waals surface area contributed by atoms with Crippen molar-refractivity contribution < 1.29 is 13.2 Å². The van der Waals surface area contributed by atoms with Gasteiger partial charge in [-0.1, -0.05) is 36.4 Å². The highest BCUT2D eigenvalue weighted by Crippen LogP contribution is 2.35. The summed E-state index contributed by atoms with van der Waals surface area (Å²) in [7, 11) is -3.91. The summed E-state index contributed by atoms with van der Waals surface area (Å²) in [5.41, 5.74) is 2.67. The number of aryl methyl sites for hydroxylation is 1. The molecule has 168 valence electrons. The van der Waals surface area contributed by atoms with Crippen LogP contribution in [-0.4, -0.2) is 34.8 Å². The van der Waals surface area contributed by atoms with Gasteiger partial charge in [0.15, 0.2) is 11.5 Å². The monoisotopic (exact) mass is 479 g/mol. The van der Waals surface area contributed by atoms with Crippen LogP contribution in [0.5, 0.6) is 5.75 Å². The van der Waals surface area contributed by atoms with E-state index in [-0.39, 0.29) is 15.6 Å². The molecule has 0 unspecified atom stereocenters. The molecule has 10 heteroatoms. The van der Waals surface area contributed by atoms with Gasteiger partial charge in [0.25, 0.3) is 0 Å². The van der Waals surface area contributed by atoms with Crippen LogP contribution in [0, 0.1) is 0 Å². The Hall–Kier alpha value is -3.50. The van der Waals surface area contributed by atoms with Crippen molar-refractivity contribution in [2.24, 2.45) is 0 Å². The molecule has 0 aliphatic carbocycles. The highest BCUT2D eigenvalue weighted by Gasteiger charge is 2.27. The van der Waals surface area contributed by atoms with Crippen molar-refractivity contribution in [2.75, 3.05) is 11.9 Å². The van der Waals surface area contributed by atoms with Gasteiger partial charge in [0.05, 0.1) is 27.4 Å². The van der Waals surface area contributed by atoms with Gasteiger partial charge in [-0.15, -0.1) is 16.4 Å². The Labute approximate surface area is 194 Å². The summed E-state index contributed by atoms with van der Waals surface area (Å²) in [4.78, 5) is 4.82. The molecule has 3 heterocycles. The number of ether oxygens (including phenoxy) is 1. The van der Waals surface area contributed by atoms with Crippen molar-refractivity contribution in [2.45, 2.75) is 30.2 Å². The van der Waals surface area contributed by atoms with Crippen LogP contribution in [0.25, 0.3) is 15.9 Å². The zero-order valence-electron chi connectivity index (χ0n) is 18.0. The smallest absolute Gasteiger partial charge is 0.229 e. The fraction of sp³-hybridized carbons (Fsp3) is 0.174. The average molecular weight is 480 g/mol. The van der Waals surface area contributed by atoms with Crippen molar-refractivity contribution in [3.63, 3.8) is 0 Å². The van der Waals surface area contributed by atoms with E-state index in [2.05, 4.69) is 20.6 Å². The van der Waals surface area contributed by atoms with Crippen LogP contribution in [-0.2, 0) is 16.3 Å². The molecule has 0 saturated carbocycles. The normalized spacial score (nSPS) is 11.8. The van der Waals surface area contributed by atoms with Crippen molar-refractivity contribution >= 4 is 48.5 Å². The summed E-state index contributed by atoms with van der Waals surface area (Å²) in [5.74, 6) is 1.20. The van der Waals surface area contributed by atoms with E-state index in [1.807, 2.05) is 49.6 Å². The molecule has 0 bridgehead atoms. The number of benzene rings is 2. The van der Waals surface area contributed by atoms with E-state index in [1.165, 1.54) is 15.9 Å². The summed E-state index contributed by atoms with van der Waals surface area (Å²) in [6.07, 6.45) is 0.825. The van der Waals surface area contributed by atoms with Gasteiger partial charge in [-0.25, -0.2) is 13.4 Å². The van der Waals surface area contributed by atoms with E-state index >= 15 is 0 Å². The first-order valence-corrected chi connectivity index (χ1v) is 12.8. The van der Waals surface area contributed by atoms with E-state index in [4.69, 9.17) is 4.74 Å². The lowest BCUT2D eigenvalue weighted by Crippen LogP contribution is -2.06. The Bertz CT molecular complexity index is 1560. The molecule has 8 nitrogen and oxygen atoms in total. The van der Waals surface area contributed by atoms with Crippen molar-refractivity contribution in [1.29, 1.82) is 0 Å². The molecular formula is C23H21N5O3S2. The second kappa shape index (κ2) is 8.45. The van der Waals surface area contributed by atoms with Gasteiger partial charge in [0.1, 0.15) is 5.75 Å². The lowest BCUT2D eigenvalue weighted by atomic mass is 10.2. The fourth-order valence-electron chi connectivity index (χ4n) is 3.58. The minimum Gasteiger partial charge on any atom is -0.492 e. The van der Waals surface area contributed by atoms with Crippen LogP contribution >= 0.6 is 11.3 Å². The maximum Gasteiger partial charge on any atom is 0.229 e. The molecule has 0 saturated heterocycles. The van der Waals surface area contributed by atoms with E-state index in [9.17, 15) is 8.42 Å². The van der Waals surface area contributed by atoms with E-state index in [0.717, 1.165) is 27.9 Å². The fourth-order valence-corrected chi connectivity index (χ4v) is 5.63. The summed E-state index contributed by atoms with van der Waals surface area (Å²) < 4.78 is 34.8. The third-order valence-electron chi connectivity index (χ3n) is 5.26. The van der Waals surface area contributed by atoms with Gasteiger partial charge in [-0.05, 0) is 54.6 Å². The predicted octanol–water partition coefficient (Wildman–Crippen LogP) is 4.88. The molecule has 1 N–H and O–H groups in total. The van der Waals surface area contributed by atoms with Crippen LogP contribution in [0.3, 0.4) is 0 Å². The van der Waals surface area contributed by atoms with Gasteiger partial charge in [0.2, 0.25) is 14.9 Å². The van der Waals surface area contributed by atoms with Gasteiger partial charge in [-0.2, -0.15) is 4.52 Å². The number of fused-ring (bicyclic) bond motifs is 3. The molecule has 0 radical (unpaired) electrons. The lowest BCUT2D eigenvalue weighted by Gasteiger charge is -2.12.